The van der Waals surface area contributed by atoms with E-state index in [9.17, 15) is 24.0 Å². The predicted octanol–water partition coefficient (Wildman–Crippen LogP) is 2.99. The fraction of sp³-hybridized carbons (Fsp3) is 0.558. The minimum Gasteiger partial charge on any atom is -0.363 e. The van der Waals surface area contributed by atoms with E-state index in [1.54, 1.807) is 68.9 Å². The monoisotopic (exact) mass is 754 g/mol. The molecule has 2 heterocycles. The SMILES string of the molecule is CN[C@@H](C)C(=O)N[C@H](C(=O)N1CCCC1)c1ccc(C#CCO[C@H](C)[C@H](NC(=O)[C@H](C)NC)C(=O)N2CCC[C@H]2C(=O)C[C@@H]2CCCc3ccccc32)cc1. The highest BCUT2D eigenvalue weighted by molar-refractivity contribution is 5.95. The van der Waals surface area contributed by atoms with Crippen LogP contribution in [0.5, 0.6) is 0 Å². The zero-order valence-electron chi connectivity index (χ0n) is 33.0. The Kier molecular flexibility index (Phi) is 15.0. The Morgan fingerprint density at radius 2 is 1.47 bits per heavy atom. The van der Waals surface area contributed by atoms with Crippen molar-refractivity contribution in [3.63, 3.8) is 0 Å². The maximum absolute atomic E-state index is 14.2. The molecule has 2 saturated heterocycles. The minimum atomic E-state index is -1.01. The van der Waals surface area contributed by atoms with Crippen molar-refractivity contribution in [1.82, 2.24) is 31.1 Å². The van der Waals surface area contributed by atoms with Gasteiger partial charge in [-0.1, -0.05) is 48.2 Å². The van der Waals surface area contributed by atoms with Crippen molar-refractivity contribution in [1.29, 1.82) is 0 Å². The van der Waals surface area contributed by atoms with Gasteiger partial charge in [0.2, 0.25) is 23.6 Å². The van der Waals surface area contributed by atoms with Gasteiger partial charge in [0, 0.05) is 31.6 Å². The van der Waals surface area contributed by atoms with Crippen molar-refractivity contribution in [3.8, 4) is 11.8 Å². The molecule has 2 aromatic carbocycles. The van der Waals surface area contributed by atoms with E-state index < -0.39 is 36.3 Å². The van der Waals surface area contributed by atoms with Crippen LogP contribution >= 0.6 is 0 Å². The van der Waals surface area contributed by atoms with Gasteiger partial charge in [0.1, 0.15) is 18.7 Å². The molecular weight excluding hydrogens is 697 g/mol. The van der Waals surface area contributed by atoms with Crippen molar-refractivity contribution in [2.75, 3.05) is 40.3 Å². The number of aryl methyl sites for hydroxylation is 1. The van der Waals surface area contributed by atoms with Crippen LogP contribution in [0.3, 0.4) is 0 Å². The molecule has 0 spiro atoms. The normalized spacial score (nSPS) is 20.6. The number of ether oxygens (including phenoxy) is 1. The molecule has 1 aliphatic carbocycles. The van der Waals surface area contributed by atoms with Crippen LogP contribution in [-0.4, -0.2) is 110 Å². The molecule has 2 aliphatic heterocycles. The molecule has 2 fully saturated rings. The van der Waals surface area contributed by atoms with Gasteiger partial charge in [-0.25, -0.2) is 0 Å². The van der Waals surface area contributed by atoms with Gasteiger partial charge in [0.25, 0.3) is 0 Å². The second kappa shape index (κ2) is 19.8. The number of carbonyl (C=O) groups is 5. The van der Waals surface area contributed by atoms with Crippen LogP contribution in [0.4, 0.5) is 0 Å². The number of amides is 4. The minimum absolute atomic E-state index is 0.0123. The third-order valence-corrected chi connectivity index (χ3v) is 11.4. The van der Waals surface area contributed by atoms with E-state index in [-0.39, 0.29) is 41.9 Å². The van der Waals surface area contributed by atoms with E-state index in [2.05, 4.69) is 45.2 Å². The molecule has 5 rings (SSSR count). The number of nitrogens with zero attached hydrogens (tertiary/aromatic N) is 2. The summed E-state index contributed by atoms with van der Waals surface area (Å²) in [6, 6.07) is 12.2. The van der Waals surface area contributed by atoms with Crippen LogP contribution in [-0.2, 0) is 35.1 Å². The van der Waals surface area contributed by atoms with E-state index in [0.717, 1.165) is 32.1 Å². The van der Waals surface area contributed by atoms with E-state index in [1.807, 2.05) is 12.1 Å². The number of rotatable bonds is 15. The van der Waals surface area contributed by atoms with Gasteiger partial charge in [-0.2, -0.15) is 0 Å². The molecule has 12 nitrogen and oxygen atoms in total. The van der Waals surface area contributed by atoms with Crippen LogP contribution in [0.25, 0.3) is 0 Å². The molecule has 2 aromatic rings. The fourth-order valence-corrected chi connectivity index (χ4v) is 7.75. The third-order valence-electron chi connectivity index (χ3n) is 11.4. The van der Waals surface area contributed by atoms with Gasteiger partial charge in [-0.15, -0.1) is 0 Å². The molecule has 0 unspecified atom stereocenters. The summed E-state index contributed by atoms with van der Waals surface area (Å²) in [6.45, 7) is 6.96. The van der Waals surface area contributed by atoms with Gasteiger partial charge in [-0.3, -0.25) is 24.0 Å². The Morgan fingerprint density at radius 3 is 2.16 bits per heavy atom. The van der Waals surface area contributed by atoms with Crippen LogP contribution in [0, 0.1) is 11.8 Å². The number of Topliss-reactive ketones (excluding diaryl/α,β-unsaturated/α-hetero) is 1. The number of hydrogen-bond donors (Lipinski definition) is 4. The highest BCUT2D eigenvalue weighted by Crippen LogP contribution is 2.35. The lowest BCUT2D eigenvalue weighted by Gasteiger charge is -2.33. The molecule has 0 saturated carbocycles. The van der Waals surface area contributed by atoms with Crippen molar-refractivity contribution >= 4 is 29.4 Å². The summed E-state index contributed by atoms with van der Waals surface area (Å²) in [6.07, 6.45) is 5.87. The molecule has 0 aromatic heterocycles. The van der Waals surface area contributed by atoms with Gasteiger partial charge < -0.3 is 35.8 Å². The van der Waals surface area contributed by atoms with Crippen LogP contribution < -0.4 is 21.3 Å². The Balaban J connectivity index is 1.24. The smallest absolute Gasteiger partial charge is 0.249 e. The Morgan fingerprint density at radius 1 is 0.800 bits per heavy atom. The van der Waals surface area contributed by atoms with Crippen molar-refractivity contribution in [3.05, 3.63) is 70.8 Å². The van der Waals surface area contributed by atoms with E-state index in [1.165, 1.54) is 11.1 Å². The first kappa shape index (κ1) is 41.6. The molecule has 296 valence electrons. The topological polar surface area (TPSA) is 149 Å². The molecule has 4 amide bonds. The summed E-state index contributed by atoms with van der Waals surface area (Å²) in [4.78, 5) is 70.7. The molecule has 12 heteroatoms. The van der Waals surface area contributed by atoms with Crippen molar-refractivity contribution in [2.45, 2.75) is 114 Å². The fourth-order valence-electron chi connectivity index (χ4n) is 7.75. The Labute approximate surface area is 325 Å². The molecule has 7 atom stereocenters. The molecular formula is C43H58N6O6. The van der Waals surface area contributed by atoms with Crippen molar-refractivity contribution in [2.24, 2.45) is 0 Å². The third kappa shape index (κ3) is 10.6. The first-order chi connectivity index (χ1) is 26.5. The lowest BCUT2D eigenvalue weighted by molar-refractivity contribution is -0.144. The molecule has 0 bridgehead atoms. The molecule has 4 N–H and O–H groups in total. The number of ketones is 1. The zero-order chi connectivity index (χ0) is 39.5. The number of likely N-dealkylation sites (N-methyl/N-ethyl adjacent to an activating group) is 2. The van der Waals surface area contributed by atoms with Gasteiger partial charge >= 0.3 is 0 Å². The maximum atomic E-state index is 14.2. The van der Waals surface area contributed by atoms with E-state index >= 15 is 0 Å². The summed E-state index contributed by atoms with van der Waals surface area (Å²) >= 11 is 0. The van der Waals surface area contributed by atoms with Crippen LogP contribution in [0.2, 0.25) is 0 Å². The predicted molar refractivity (Wildman–Crippen MR) is 211 cm³/mol. The zero-order valence-corrected chi connectivity index (χ0v) is 33.0. The second-order valence-corrected chi connectivity index (χ2v) is 15.1. The maximum Gasteiger partial charge on any atom is 0.249 e. The number of hydrogen-bond acceptors (Lipinski definition) is 8. The largest absolute Gasteiger partial charge is 0.363 e. The second-order valence-electron chi connectivity index (χ2n) is 15.1. The van der Waals surface area contributed by atoms with Crippen molar-refractivity contribution < 1.29 is 28.7 Å². The summed E-state index contributed by atoms with van der Waals surface area (Å²) in [5.41, 5.74) is 3.89. The average Bonchev–Trinajstić information content (AvgIpc) is 3.94. The highest BCUT2D eigenvalue weighted by Gasteiger charge is 2.41. The lowest BCUT2D eigenvalue weighted by Crippen LogP contribution is -2.58. The Hall–Kier alpha value is -4.57. The molecule has 55 heavy (non-hydrogen) atoms. The first-order valence-corrected chi connectivity index (χ1v) is 19.9. The summed E-state index contributed by atoms with van der Waals surface area (Å²) in [5.74, 6) is 5.22. The summed E-state index contributed by atoms with van der Waals surface area (Å²) < 4.78 is 6.06. The quantitative estimate of drug-likeness (QED) is 0.203. The number of benzene rings is 2. The first-order valence-electron chi connectivity index (χ1n) is 19.9. The van der Waals surface area contributed by atoms with Gasteiger partial charge in [-0.05, 0) is 115 Å². The Bertz CT molecular complexity index is 1730. The van der Waals surface area contributed by atoms with Gasteiger partial charge in [0.05, 0.1) is 24.2 Å². The van der Waals surface area contributed by atoms with Gasteiger partial charge in [0.15, 0.2) is 5.78 Å². The van der Waals surface area contributed by atoms with Crippen LogP contribution in [0.1, 0.15) is 99.9 Å². The summed E-state index contributed by atoms with van der Waals surface area (Å²) in [5, 5.41) is 11.6. The number of carbonyl (C=O) groups excluding carboxylic acids is 5. The van der Waals surface area contributed by atoms with Crippen LogP contribution in [0.15, 0.2) is 48.5 Å². The standard InChI is InChI=1S/C43H58N6O6/c1-28(44-4)40(51)46-38(43(54)49-25-11-18-36(49)37(50)27-34-16-10-15-32-14-6-7-17-35(32)34)30(3)55-26-12-13-31-19-21-33(22-20-31)39(47-41(52)29(2)45-5)42(53)48-23-8-9-24-48/h6-7,14,17,19-22,28-30,34,36,38-39,44-45H,8-11,15-16,18,23-27H2,1-5H3,(H,46,51)(H,47,52)/t28-,29-,30+,34-,36-,38-,39-/m0/s1. The summed E-state index contributed by atoms with van der Waals surface area (Å²) in [7, 11) is 3.37. The lowest BCUT2D eigenvalue weighted by atomic mass is 9.79. The molecule has 0 radical (unpaired) electrons. The number of nitrogens with one attached hydrogen (secondary N) is 4. The molecule has 3 aliphatic rings. The number of likely N-dealkylation sites (tertiary alicyclic amines) is 2. The highest BCUT2D eigenvalue weighted by atomic mass is 16.5. The average molecular weight is 755 g/mol. The van der Waals surface area contributed by atoms with E-state index in [0.29, 0.717) is 50.0 Å². The number of fused-ring (bicyclic) bond motifs is 1. The van der Waals surface area contributed by atoms with E-state index in [4.69, 9.17) is 4.74 Å².